The summed E-state index contributed by atoms with van der Waals surface area (Å²) < 4.78 is 35.8. The van der Waals surface area contributed by atoms with Gasteiger partial charge in [0.25, 0.3) is 0 Å². The van der Waals surface area contributed by atoms with Crippen molar-refractivity contribution >= 4 is 11.9 Å². The molecule has 10 N–H and O–H groups in total. The Morgan fingerprint density at radius 1 is 0.691 bits per heavy atom. The van der Waals surface area contributed by atoms with Crippen molar-refractivity contribution in [2.24, 2.45) is 56.2 Å². The molecule has 0 aromatic carbocycles. The van der Waals surface area contributed by atoms with Gasteiger partial charge in [0.1, 0.15) is 54.9 Å². The maximum atomic E-state index is 14.7. The van der Waals surface area contributed by atoms with Gasteiger partial charge in [0, 0.05) is 12.5 Å². The lowest BCUT2D eigenvalue weighted by molar-refractivity contribution is -0.342. The summed E-state index contributed by atoms with van der Waals surface area (Å²) in [5.74, 6) is -2.06. The maximum Gasteiger partial charge on any atom is 0.337 e. The van der Waals surface area contributed by atoms with E-state index in [0.29, 0.717) is 19.3 Å². The Bertz CT molecular complexity index is 1890. The highest BCUT2D eigenvalue weighted by molar-refractivity contribution is 5.79. The molecule has 0 aromatic rings. The van der Waals surface area contributed by atoms with Crippen molar-refractivity contribution in [3.63, 3.8) is 0 Å². The van der Waals surface area contributed by atoms with Crippen LogP contribution >= 0.6 is 0 Å². The van der Waals surface area contributed by atoms with Crippen LogP contribution in [0.25, 0.3) is 0 Å². The van der Waals surface area contributed by atoms with Crippen LogP contribution in [0.2, 0.25) is 0 Å². The molecule has 18 heteroatoms. The summed E-state index contributed by atoms with van der Waals surface area (Å²) in [4.78, 5) is 27.6. The number of ether oxygens (including phenoxy) is 6. The third kappa shape index (κ3) is 8.14. The molecule has 5 saturated carbocycles. The third-order valence-corrected chi connectivity index (χ3v) is 20.0. The standard InChI is InChI=1S/C50H80O18/c1-45(2)15-17-50(44(62)68-42-38(60)35(57)33(55)27(22-52)65-42)18-16-48(6)24(25(50)20-45)9-10-29-47(5)13-12-30(46(3,4)28(47)11-14-49(29,48)7)66-43-40(37(59)36(58)39(67-43)41(61)63-8)64-26-19-23(21-51)31(53)34(56)32(26)54/h9,23,25-40,42-43,51-60H,10-22H2,1-8H3/t23-,25+,26-,27-,28+,29-,30+,31-,32+,33-,34+,35+,36+,37+,38-,39+,40-,42+,43-,47+,48-,49-,50+/m1/s1. The van der Waals surface area contributed by atoms with Crippen LogP contribution in [-0.2, 0) is 38.0 Å². The lowest BCUT2D eigenvalue weighted by Crippen LogP contribution is -2.67. The van der Waals surface area contributed by atoms with E-state index < -0.39 is 134 Å². The van der Waals surface area contributed by atoms with Gasteiger partial charge >= 0.3 is 11.9 Å². The summed E-state index contributed by atoms with van der Waals surface area (Å²) in [5, 5.41) is 106. The molecule has 6 aliphatic carbocycles. The van der Waals surface area contributed by atoms with Crippen molar-refractivity contribution in [3.05, 3.63) is 11.6 Å². The molecule has 18 nitrogen and oxygen atoms in total. The number of rotatable bonds is 9. The number of esters is 2. The number of methoxy groups -OCH3 is 1. The van der Waals surface area contributed by atoms with Gasteiger partial charge in [-0.25, -0.2) is 4.79 Å². The zero-order valence-corrected chi connectivity index (χ0v) is 41.0. The first kappa shape index (κ1) is 52.4. The molecule has 2 heterocycles. The molecule has 0 unspecified atom stereocenters. The van der Waals surface area contributed by atoms with E-state index in [4.69, 9.17) is 28.4 Å². The quantitative estimate of drug-likeness (QED) is 0.0876. The fourth-order valence-electron chi connectivity index (χ4n) is 15.6. The van der Waals surface area contributed by atoms with E-state index in [-0.39, 0.29) is 45.8 Å². The van der Waals surface area contributed by atoms with Gasteiger partial charge < -0.3 is 79.5 Å². The van der Waals surface area contributed by atoms with Crippen molar-refractivity contribution < 1.29 is 89.1 Å². The number of fused-ring (bicyclic) bond motifs is 7. The van der Waals surface area contributed by atoms with Crippen LogP contribution in [0.15, 0.2) is 11.6 Å². The number of allylic oxidation sites excluding steroid dienone is 2. The minimum Gasteiger partial charge on any atom is -0.467 e. The minimum atomic E-state index is -1.79. The van der Waals surface area contributed by atoms with Gasteiger partial charge in [-0.3, -0.25) is 4.79 Å². The van der Waals surface area contributed by atoms with Crippen molar-refractivity contribution in [3.8, 4) is 0 Å². The second-order valence-corrected chi connectivity index (χ2v) is 24.2. The fourth-order valence-corrected chi connectivity index (χ4v) is 15.6. The van der Waals surface area contributed by atoms with E-state index in [1.54, 1.807) is 0 Å². The molecule has 8 aliphatic rings. The van der Waals surface area contributed by atoms with E-state index in [2.05, 4.69) is 54.5 Å². The number of aliphatic hydroxyl groups is 10. The van der Waals surface area contributed by atoms with E-state index >= 15 is 0 Å². The predicted octanol–water partition coefficient (Wildman–Crippen LogP) is 0.985. The normalized spacial score (nSPS) is 52.0. The molecule has 2 aliphatic heterocycles. The molecule has 0 spiro atoms. The van der Waals surface area contributed by atoms with E-state index in [1.807, 2.05) is 0 Å². The molecule has 0 amide bonds. The summed E-state index contributed by atoms with van der Waals surface area (Å²) in [7, 11) is 1.14. The average molecular weight is 969 g/mol. The number of hydrogen-bond acceptors (Lipinski definition) is 18. The van der Waals surface area contributed by atoms with Gasteiger partial charge in [-0.1, -0.05) is 60.1 Å². The molecular weight excluding hydrogens is 889 g/mol. The molecule has 7 fully saturated rings. The molecule has 0 radical (unpaired) electrons. The number of carbonyl (C=O) groups excluding carboxylic acids is 2. The zero-order valence-electron chi connectivity index (χ0n) is 41.0. The highest BCUT2D eigenvalue weighted by Crippen LogP contribution is 2.76. The fraction of sp³-hybridized carbons (Fsp3) is 0.920. The SMILES string of the molecule is COC(=O)[C@H]1O[C@@H](O[C@H]2CC[C@]3(C)[C@H]4CC=C5[C@@H]6CC(C)(C)CC[C@]6(C(=O)O[C@@H]6O[C@H](CO)[C@@H](O)[C@H](O)[C@H]6O)CC[C@@]5(C)[C@]4(C)CC[C@H]3C2(C)C)[C@H](O[C@@H]2C[C@H](CO)[C@@H](O)[C@H](O)[C@H]2O)[C@@H](O)[C@@H]1O. The summed E-state index contributed by atoms with van der Waals surface area (Å²) in [6, 6.07) is 0. The zero-order chi connectivity index (χ0) is 49.8. The number of hydrogen-bond donors (Lipinski definition) is 10. The van der Waals surface area contributed by atoms with Gasteiger partial charge in [0.2, 0.25) is 6.29 Å². The first-order chi connectivity index (χ1) is 31.8. The lowest BCUT2D eigenvalue weighted by Gasteiger charge is -2.71. The Morgan fingerprint density at radius 3 is 2.03 bits per heavy atom. The van der Waals surface area contributed by atoms with Crippen LogP contribution in [0.3, 0.4) is 0 Å². The average Bonchev–Trinajstić information content (AvgIpc) is 3.29. The topological polar surface area (TPSA) is 292 Å². The Labute approximate surface area is 399 Å². The Morgan fingerprint density at radius 2 is 1.37 bits per heavy atom. The maximum absolute atomic E-state index is 14.7. The number of aliphatic hydroxyl groups excluding tert-OH is 10. The molecule has 23 atom stereocenters. The van der Waals surface area contributed by atoms with Gasteiger partial charge in [-0.2, -0.15) is 0 Å². The van der Waals surface area contributed by atoms with Crippen molar-refractivity contribution in [2.45, 2.75) is 211 Å². The van der Waals surface area contributed by atoms with Crippen molar-refractivity contribution in [1.82, 2.24) is 0 Å². The Kier molecular flexibility index (Phi) is 14.3. The van der Waals surface area contributed by atoms with Crippen LogP contribution in [0.1, 0.15) is 119 Å². The lowest BCUT2D eigenvalue weighted by atomic mass is 9.33. The van der Waals surface area contributed by atoms with Gasteiger partial charge in [0.15, 0.2) is 12.4 Å². The van der Waals surface area contributed by atoms with Gasteiger partial charge in [-0.15, -0.1) is 0 Å². The molecule has 388 valence electrons. The van der Waals surface area contributed by atoms with Crippen molar-refractivity contribution in [2.75, 3.05) is 20.3 Å². The molecular formula is C50H80O18. The van der Waals surface area contributed by atoms with E-state index in [1.165, 1.54) is 5.57 Å². The summed E-state index contributed by atoms with van der Waals surface area (Å²) >= 11 is 0. The molecule has 0 bridgehead atoms. The Balaban J connectivity index is 1.05. The van der Waals surface area contributed by atoms with Crippen LogP contribution in [0, 0.1) is 56.2 Å². The molecule has 68 heavy (non-hydrogen) atoms. The smallest absolute Gasteiger partial charge is 0.337 e. The second kappa shape index (κ2) is 18.6. The van der Waals surface area contributed by atoms with E-state index in [0.717, 1.165) is 52.1 Å². The van der Waals surface area contributed by atoms with Crippen LogP contribution < -0.4 is 0 Å². The van der Waals surface area contributed by atoms with Gasteiger partial charge in [-0.05, 0) is 115 Å². The molecule has 8 rings (SSSR count). The summed E-state index contributed by atoms with van der Waals surface area (Å²) in [5.41, 5.74) is -0.848. The minimum absolute atomic E-state index is 0.0701. The van der Waals surface area contributed by atoms with Crippen LogP contribution in [-0.4, -0.2) is 175 Å². The first-order valence-electron chi connectivity index (χ1n) is 25.0. The highest BCUT2D eigenvalue weighted by Gasteiger charge is 2.70. The van der Waals surface area contributed by atoms with Gasteiger partial charge in [0.05, 0.1) is 37.4 Å². The first-order valence-corrected chi connectivity index (χ1v) is 25.0. The molecule has 2 saturated heterocycles. The van der Waals surface area contributed by atoms with E-state index in [9.17, 15) is 60.7 Å². The van der Waals surface area contributed by atoms with Crippen LogP contribution in [0.5, 0.6) is 0 Å². The molecule has 0 aromatic heterocycles. The Hall–Kier alpha value is -1.88. The van der Waals surface area contributed by atoms with Crippen molar-refractivity contribution in [1.29, 1.82) is 0 Å². The van der Waals surface area contributed by atoms with Crippen LogP contribution in [0.4, 0.5) is 0 Å². The summed E-state index contributed by atoms with van der Waals surface area (Å²) in [6.07, 6.45) is -12.6. The third-order valence-electron chi connectivity index (χ3n) is 20.0. The monoisotopic (exact) mass is 969 g/mol. The largest absolute Gasteiger partial charge is 0.467 e. The number of carbonyl (C=O) groups is 2. The summed E-state index contributed by atoms with van der Waals surface area (Å²) in [6.45, 7) is 14.9. The second-order valence-electron chi connectivity index (χ2n) is 24.2. The highest BCUT2D eigenvalue weighted by atomic mass is 16.7. The predicted molar refractivity (Wildman–Crippen MR) is 238 cm³/mol.